The number of rotatable bonds is 8. The van der Waals surface area contributed by atoms with Crippen LogP contribution in [0, 0.1) is 0 Å². The molecule has 29 heavy (non-hydrogen) atoms. The van der Waals surface area contributed by atoms with Gasteiger partial charge in [-0.25, -0.2) is 4.79 Å². The summed E-state index contributed by atoms with van der Waals surface area (Å²) in [6, 6.07) is 10.7. The van der Waals surface area contributed by atoms with Crippen molar-refractivity contribution in [1.82, 2.24) is 4.90 Å². The van der Waals surface area contributed by atoms with Crippen LogP contribution in [0.15, 0.2) is 58.4 Å². The second kappa shape index (κ2) is 9.71. The average molecular weight is 428 g/mol. The molecule has 1 aliphatic rings. The lowest BCUT2D eigenvalue weighted by Crippen LogP contribution is -2.27. The Morgan fingerprint density at radius 3 is 2.72 bits per heavy atom. The standard InChI is InChI=1S/C22H21NO4S2/c1-3-5-13-26-21(25)16-8-6-15(7-9-16)18-11-10-17(27-18)14-19-20(24)23(12-4-2)22(28)29-19/h4,6-11,14H,2-3,5,12-13H2,1H3/b19-14+. The molecule has 0 saturated carbocycles. The lowest BCUT2D eigenvalue weighted by molar-refractivity contribution is -0.121. The molecule has 2 aromatic rings. The fraction of sp³-hybridized carbons (Fsp3) is 0.227. The van der Waals surface area contributed by atoms with Crippen molar-refractivity contribution in [1.29, 1.82) is 0 Å². The fourth-order valence-corrected chi connectivity index (χ4v) is 3.92. The number of nitrogens with zero attached hydrogens (tertiary/aromatic N) is 1. The molecule has 2 heterocycles. The van der Waals surface area contributed by atoms with Crippen LogP contribution < -0.4 is 0 Å². The molecule has 7 heteroatoms. The molecule has 150 valence electrons. The van der Waals surface area contributed by atoms with E-state index in [2.05, 4.69) is 6.58 Å². The number of thiocarbonyl (C=S) groups is 1. The predicted molar refractivity (Wildman–Crippen MR) is 119 cm³/mol. The molecular weight excluding hydrogens is 406 g/mol. The second-order valence-electron chi connectivity index (χ2n) is 6.35. The van der Waals surface area contributed by atoms with Crippen molar-refractivity contribution < 1.29 is 18.7 Å². The van der Waals surface area contributed by atoms with Gasteiger partial charge in [-0.15, -0.1) is 6.58 Å². The van der Waals surface area contributed by atoms with E-state index in [1.165, 1.54) is 16.7 Å². The zero-order chi connectivity index (χ0) is 20.8. The maximum absolute atomic E-state index is 12.4. The largest absolute Gasteiger partial charge is 0.462 e. The average Bonchev–Trinajstić information content (AvgIpc) is 3.29. The quantitative estimate of drug-likeness (QED) is 0.188. The van der Waals surface area contributed by atoms with Gasteiger partial charge in [-0.05, 0) is 30.7 Å². The highest BCUT2D eigenvalue weighted by molar-refractivity contribution is 8.26. The van der Waals surface area contributed by atoms with Crippen molar-refractivity contribution in [3.63, 3.8) is 0 Å². The van der Waals surface area contributed by atoms with Crippen LogP contribution in [0.3, 0.4) is 0 Å². The Morgan fingerprint density at radius 2 is 2.03 bits per heavy atom. The van der Waals surface area contributed by atoms with Crippen LogP contribution in [0.2, 0.25) is 0 Å². The molecule has 3 rings (SSSR count). The molecule has 1 saturated heterocycles. The monoisotopic (exact) mass is 427 g/mol. The van der Waals surface area contributed by atoms with E-state index in [0.29, 0.717) is 39.5 Å². The van der Waals surface area contributed by atoms with E-state index in [0.717, 1.165) is 18.4 Å². The first-order chi connectivity index (χ1) is 14.0. The first-order valence-corrected chi connectivity index (χ1v) is 10.5. The van der Waals surface area contributed by atoms with Gasteiger partial charge in [0, 0.05) is 18.2 Å². The summed E-state index contributed by atoms with van der Waals surface area (Å²) in [6.07, 6.45) is 5.16. The van der Waals surface area contributed by atoms with Gasteiger partial charge in [0.05, 0.1) is 17.1 Å². The molecule has 0 spiro atoms. The van der Waals surface area contributed by atoms with E-state index in [4.69, 9.17) is 21.4 Å². The van der Waals surface area contributed by atoms with Gasteiger partial charge < -0.3 is 9.15 Å². The number of esters is 1. The fourth-order valence-electron chi connectivity index (χ4n) is 2.66. The van der Waals surface area contributed by atoms with Gasteiger partial charge in [0.1, 0.15) is 15.8 Å². The topological polar surface area (TPSA) is 59.8 Å². The van der Waals surface area contributed by atoms with Gasteiger partial charge >= 0.3 is 5.97 Å². The minimum Gasteiger partial charge on any atom is -0.462 e. The molecule has 5 nitrogen and oxygen atoms in total. The highest BCUT2D eigenvalue weighted by Crippen LogP contribution is 2.33. The van der Waals surface area contributed by atoms with Gasteiger partial charge in [0.25, 0.3) is 5.91 Å². The lowest BCUT2D eigenvalue weighted by Gasteiger charge is -2.10. The van der Waals surface area contributed by atoms with Crippen LogP contribution in [0.25, 0.3) is 17.4 Å². The number of hydrogen-bond donors (Lipinski definition) is 0. The van der Waals surface area contributed by atoms with E-state index in [1.54, 1.807) is 30.4 Å². The zero-order valence-electron chi connectivity index (χ0n) is 16.1. The number of carbonyl (C=O) groups is 2. The number of furan rings is 1. The molecular formula is C22H21NO4S2. The minimum atomic E-state index is -0.327. The van der Waals surface area contributed by atoms with Crippen molar-refractivity contribution in [3.05, 3.63) is 65.3 Å². The Morgan fingerprint density at radius 1 is 1.28 bits per heavy atom. The SMILES string of the molecule is C=CCN1C(=O)/C(=C\c2ccc(-c3ccc(C(=O)OCCCC)cc3)o2)SC1=S. The Bertz CT molecular complexity index is 959. The molecule has 1 amide bonds. The molecule has 1 fully saturated rings. The third-order valence-electron chi connectivity index (χ3n) is 4.22. The Balaban J connectivity index is 1.70. The van der Waals surface area contributed by atoms with Crippen LogP contribution in [0.4, 0.5) is 0 Å². The molecule has 1 aromatic heterocycles. The summed E-state index contributed by atoms with van der Waals surface area (Å²) < 4.78 is 11.6. The molecule has 0 N–H and O–H groups in total. The summed E-state index contributed by atoms with van der Waals surface area (Å²) in [5, 5.41) is 0. The third-order valence-corrected chi connectivity index (χ3v) is 5.60. The normalized spacial score (nSPS) is 15.2. The van der Waals surface area contributed by atoms with E-state index in [9.17, 15) is 9.59 Å². The number of amides is 1. The number of thioether (sulfide) groups is 1. The van der Waals surface area contributed by atoms with Crippen molar-refractivity contribution in [3.8, 4) is 11.3 Å². The van der Waals surface area contributed by atoms with Crippen molar-refractivity contribution >= 4 is 46.3 Å². The summed E-state index contributed by atoms with van der Waals surface area (Å²) in [5.41, 5.74) is 1.33. The van der Waals surface area contributed by atoms with Crippen molar-refractivity contribution in [2.24, 2.45) is 0 Å². The summed E-state index contributed by atoms with van der Waals surface area (Å²) in [6.45, 7) is 6.51. The van der Waals surface area contributed by atoms with E-state index in [1.807, 2.05) is 25.1 Å². The molecule has 0 aliphatic carbocycles. The van der Waals surface area contributed by atoms with E-state index in [-0.39, 0.29) is 11.9 Å². The van der Waals surface area contributed by atoms with Crippen LogP contribution >= 0.6 is 24.0 Å². The predicted octanol–water partition coefficient (Wildman–Crippen LogP) is 5.29. The zero-order valence-corrected chi connectivity index (χ0v) is 17.7. The summed E-state index contributed by atoms with van der Waals surface area (Å²) in [5.74, 6) is 0.723. The number of unbranched alkanes of at least 4 members (excludes halogenated alkanes) is 1. The van der Waals surface area contributed by atoms with Gasteiger partial charge in [0.2, 0.25) is 0 Å². The first kappa shape index (κ1) is 21.1. The van der Waals surface area contributed by atoms with Crippen LogP contribution in [-0.2, 0) is 9.53 Å². The van der Waals surface area contributed by atoms with Crippen LogP contribution in [0.1, 0.15) is 35.9 Å². The Labute approximate surface area is 179 Å². The molecule has 0 atom stereocenters. The van der Waals surface area contributed by atoms with Crippen LogP contribution in [-0.4, -0.2) is 34.2 Å². The maximum Gasteiger partial charge on any atom is 0.338 e. The molecule has 1 aliphatic heterocycles. The molecule has 0 radical (unpaired) electrons. The Kier molecular flexibility index (Phi) is 7.06. The van der Waals surface area contributed by atoms with Crippen molar-refractivity contribution in [2.45, 2.75) is 19.8 Å². The second-order valence-corrected chi connectivity index (χ2v) is 8.03. The van der Waals surface area contributed by atoms with Gasteiger partial charge in [-0.1, -0.05) is 55.5 Å². The highest BCUT2D eigenvalue weighted by atomic mass is 32.2. The Hall–Kier alpha value is -2.64. The maximum atomic E-state index is 12.4. The molecule has 0 unspecified atom stereocenters. The van der Waals surface area contributed by atoms with Gasteiger partial charge in [0.15, 0.2) is 0 Å². The summed E-state index contributed by atoms with van der Waals surface area (Å²) in [4.78, 5) is 26.4. The first-order valence-electron chi connectivity index (χ1n) is 9.27. The van der Waals surface area contributed by atoms with E-state index < -0.39 is 0 Å². The van der Waals surface area contributed by atoms with Gasteiger partial charge in [-0.2, -0.15) is 0 Å². The van der Waals surface area contributed by atoms with E-state index >= 15 is 0 Å². The number of carbonyl (C=O) groups excluding carboxylic acids is 2. The number of ether oxygens (including phenoxy) is 1. The summed E-state index contributed by atoms with van der Waals surface area (Å²) >= 11 is 6.48. The lowest BCUT2D eigenvalue weighted by atomic mass is 10.1. The smallest absolute Gasteiger partial charge is 0.338 e. The minimum absolute atomic E-state index is 0.149. The van der Waals surface area contributed by atoms with Crippen LogP contribution in [0.5, 0.6) is 0 Å². The van der Waals surface area contributed by atoms with Gasteiger partial charge in [-0.3, -0.25) is 9.69 Å². The molecule has 0 bridgehead atoms. The van der Waals surface area contributed by atoms with Crippen molar-refractivity contribution in [2.75, 3.05) is 13.2 Å². The number of benzene rings is 1. The molecule has 1 aromatic carbocycles. The summed E-state index contributed by atoms with van der Waals surface area (Å²) in [7, 11) is 0. The third kappa shape index (κ3) is 5.05. The highest BCUT2D eigenvalue weighted by Gasteiger charge is 2.31. The number of hydrogen-bond acceptors (Lipinski definition) is 6.